The van der Waals surface area contributed by atoms with E-state index < -0.39 is 56.1 Å². The minimum atomic E-state index is -3.89. The van der Waals surface area contributed by atoms with Crippen LogP contribution in [0.25, 0.3) is 0 Å². The first-order valence-electron chi connectivity index (χ1n) is 23.1. The van der Waals surface area contributed by atoms with Crippen molar-refractivity contribution in [2.24, 2.45) is 0 Å². The number of sulfonamides is 2. The first-order valence-corrected chi connectivity index (χ1v) is 27.1. The van der Waals surface area contributed by atoms with Gasteiger partial charge in [-0.25, -0.2) is 66.3 Å². The Morgan fingerprint density at radius 2 is 1.19 bits per heavy atom. The zero-order chi connectivity index (χ0) is 51.7. The highest BCUT2D eigenvalue weighted by Gasteiger charge is 2.41. The number of carbonyl (C=O) groups is 4. The molecule has 1 N–H and O–H groups in total. The van der Waals surface area contributed by atoms with Crippen molar-refractivity contribution in [3.8, 4) is 0 Å². The molecule has 3 aliphatic heterocycles. The fourth-order valence-corrected chi connectivity index (χ4v) is 11.8. The number of hydroxylamine groups is 4. The number of imide groups is 1. The quantitative estimate of drug-likeness (QED) is 0.0671. The molecule has 72 heavy (non-hydrogen) atoms. The highest BCUT2D eigenvalue weighted by Crippen LogP contribution is 2.23. The molecule has 3 saturated heterocycles. The highest BCUT2D eigenvalue weighted by molar-refractivity contribution is 7.89. The van der Waals surface area contributed by atoms with Crippen LogP contribution < -0.4 is 9.80 Å². The third-order valence-corrected chi connectivity index (χ3v) is 16.4. The lowest BCUT2D eigenvalue weighted by molar-refractivity contribution is -0.162. The normalized spacial score (nSPS) is 17.5. The molecule has 0 spiro atoms. The zero-order valence-corrected chi connectivity index (χ0v) is 42.6. The second-order valence-corrected chi connectivity index (χ2v) is 21.6. The van der Waals surface area contributed by atoms with Crippen LogP contribution in [0.3, 0.4) is 0 Å². The van der Waals surface area contributed by atoms with Crippen molar-refractivity contribution in [2.75, 3.05) is 80.3 Å². The second-order valence-electron chi connectivity index (χ2n) is 16.7. The van der Waals surface area contributed by atoms with Crippen molar-refractivity contribution in [1.82, 2.24) is 53.5 Å². The Labute approximate surface area is 427 Å². The summed E-state index contributed by atoms with van der Waals surface area (Å²) in [6, 6.07) is 8.01. The van der Waals surface area contributed by atoms with Crippen molar-refractivity contribution in [3.63, 3.8) is 0 Å². The molecule has 0 aromatic carbocycles. The van der Waals surface area contributed by atoms with E-state index in [1.54, 1.807) is 74.3 Å². The molecular weight excluding hydrogens is 1020 g/mol. The smallest absolute Gasteiger partial charge is 0.444 e. The molecule has 390 valence electrons. The number of pyridine rings is 2. The molecule has 28 heteroatoms. The van der Waals surface area contributed by atoms with Crippen LogP contribution in [0.15, 0.2) is 73.6 Å². The average molecular weight is 1080 g/mol. The minimum Gasteiger partial charge on any atom is -0.447 e. The second kappa shape index (κ2) is 26.7. The van der Waals surface area contributed by atoms with Crippen molar-refractivity contribution >= 4 is 79.9 Å². The Morgan fingerprint density at radius 3 is 1.61 bits per heavy atom. The third-order valence-electron chi connectivity index (χ3n) is 12.0. The Morgan fingerprint density at radius 1 is 0.736 bits per heavy atom. The molecule has 1 unspecified atom stereocenters. The van der Waals surface area contributed by atoms with Gasteiger partial charge in [0.05, 0.1) is 39.7 Å². The number of ether oxygens (including phenoxy) is 1. The van der Waals surface area contributed by atoms with Crippen LogP contribution in [0.2, 0.25) is 10.0 Å². The standard InChI is InChI=1S/C25H32ClN7O7S.C19H25ClN6O4S/c1-2-20-16-39-24(35)33(20)25(36)40-32(18-34)21(5-3-6-22-27-9-4-10-28-22)17-41(37,38)31-13-11-30(12-14-31)23-8-7-19(26)15-29-23;20-16-5-6-19(23-13-16)24-9-11-25(12-10-24)31(29,30)14-17(26(28)15-27)3-1-4-18-21-7-2-8-22-18/h4,7-10,15,18,20-21H,2-3,5-6,11-14,16-17H2,1H3;2,5-8,13,15,17,28H,1,3-4,9-12,14H2/t20-,21-;/m0./s1. The van der Waals surface area contributed by atoms with Crippen LogP contribution in [0, 0.1) is 0 Å². The molecule has 4 aromatic rings. The molecule has 3 fully saturated rings. The largest absolute Gasteiger partial charge is 0.447 e. The molecule has 3 atom stereocenters. The highest BCUT2D eigenvalue weighted by atomic mass is 35.5. The molecule has 0 saturated carbocycles. The Kier molecular flexibility index (Phi) is 20.5. The van der Waals surface area contributed by atoms with Gasteiger partial charge in [0.1, 0.15) is 29.9 Å². The summed E-state index contributed by atoms with van der Waals surface area (Å²) in [7, 11) is -7.56. The van der Waals surface area contributed by atoms with Crippen molar-refractivity contribution < 1.29 is 50.8 Å². The van der Waals surface area contributed by atoms with Gasteiger partial charge in [0.15, 0.2) is 0 Å². The van der Waals surface area contributed by atoms with E-state index in [1.807, 2.05) is 9.80 Å². The predicted molar refractivity (Wildman–Crippen MR) is 262 cm³/mol. The number of halogens is 2. The monoisotopic (exact) mass is 1080 g/mol. The van der Waals surface area contributed by atoms with Gasteiger partial charge in [0, 0.05) is 102 Å². The number of hydrogen-bond acceptors (Lipinski definition) is 19. The molecule has 0 bridgehead atoms. The van der Waals surface area contributed by atoms with Gasteiger partial charge in [-0.05, 0) is 68.5 Å². The molecular formula is C44H57Cl2N13O11S2. The van der Waals surface area contributed by atoms with Crippen LogP contribution in [0.4, 0.5) is 21.2 Å². The van der Waals surface area contributed by atoms with Crippen molar-refractivity contribution in [1.29, 1.82) is 0 Å². The summed E-state index contributed by atoms with van der Waals surface area (Å²) in [5.41, 5.74) is 0. The van der Waals surface area contributed by atoms with Gasteiger partial charge < -0.3 is 19.4 Å². The van der Waals surface area contributed by atoms with Gasteiger partial charge in [0.25, 0.3) is 0 Å². The zero-order valence-electron chi connectivity index (χ0n) is 39.5. The third kappa shape index (κ3) is 15.8. The number of aryl methyl sites for hydroxylation is 2. The van der Waals surface area contributed by atoms with Gasteiger partial charge in [-0.1, -0.05) is 30.1 Å². The minimum absolute atomic E-state index is 0.0118. The van der Waals surface area contributed by atoms with Gasteiger partial charge in [0.2, 0.25) is 32.9 Å². The predicted octanol–water partition coefficient (Wildman–Crippen LogP) is 3.33. The van der Waals surface area contributed by atoms with Gasteiger partial charge in [-0.15, -0.1) is 0 Å². The van der Waals surface area contributed by atoms with Crippen LogP contribution in [0.1, 0.15) is 50.7 Å². The molecule has 0 aliphatic carbocycles. The van der Waals surface area contributed by atoms with E-state index >= 15 is 0 Å². The van der Waals surface area contributed by atoms with E-state index in [0.717, 1.165) is 10.7 Å². The maximum absolute atomic E-state index is 13.5. The number of aromatic nitrogens is 6. The summed E-state index contributed by atoms with van der Waals surface area (Å²) < 4.78 is 60.6. The van der Waals surface area contributed by atoms with Crippen LogP contribution in [-0.4, -0.2) is 189 Å². The number of piperazine rings is 2. The van der Waals surface area contributed by atoms with Crippen LogP contribution in [-0.2, 0) is 52.1 Å². The molecule has 3 aliphatic rings. The molecule has 4 aromatic heterocycles. The van der Waals surface area contributed by atoms with E-state index in [4.69, 9.17) is 32.8 Å². The van der Waals surface area contributed by atoms with Crippen LogP contribution in [0.5, 0.6) is 0 Å². The topological polar surface area (TPSA) is 275 Å². The fraction of sp³-hybridized carbons (Fsp3) is 0.500. The maximum atomic E-state index is 13.5. The SMILES string of the molecule is CC[C@H]1COC(=O)N1C(=O)ON(C=O)[C@@H](CCCc1ncccn1)CS(=O)(=O)N1CCN(c2ccc(Cl)cn2)CC1.O=CN(O)C(CCCc1ncccn1)CS(=O)(=O)N1CCN(c2ccc(Cl)cn2)CC1. The summed E-state index contributed by atoms with van der Waals surface area (Å²) in [6.45, 7) is 4.57. The molecule has 7 heterocycles. The fourth-order valence-electron chi connectivity index (χ4n) is 8.07. The molecule has 24 nitrogen and oxygen atoms in total. The molecule has 0 radical (unpaired) electrons. The number of cyclic esters (lactones) is 1. The maximum Gasteiger partial charge on any atom is 0.444 e. The lowest BCUT2D eigenvalue weighted by Crippen LogP contribution is -2.52. The van der Waals surface area contributed by atoms with E-state index in [9.17, 15) is 41.2 Å². The number of amides is 4. The van der Waals surface area contributed by atoms with E-state index in [0.29, 0.717) is 115 Å². The Bertz CT molecular complexity index is 2590. The summed E-state index contributed by atoms with van der Waals surface area (Å²) in [4.78, 5) is 83.3. The Hall–Kier alpha value is -5.90. The number of nitrogens with zero attached hydrogens (tertiary/aromatic N) is 13. The van der Waals surface area contributed by atoms with Crippen molar-refractivity contribution in [2.45, 2.75) is 70.0 Å². The lowest BCUT2D eigenvalue weighted by Gasteiger charge is -2.36. The molecule has 4 amide bonds. The van der Waals surface area contributed by atoms with E-state index in [-0.39, 0.29) is 44.7 Å². The van der Waals surface area contributed by atoms with Crippen LogP contribution >= 0.6 is 23.2 Å². The van der Waals surface area contributed by atoms with Gasteiger partial charge in [-0.2, -0.15) is 13.7 Å². The van der Waals surface area contributed by atoms with E-state index in [1.165, 1.54) is 14.8 Å². The molecule has 7 rings (SSSR count). The summed E-state index contributed by atoms with van der Waals surface area (Å²) in [5.74, 6) is 1.78. The number of hydrogen-bond donors (Lipinski definition) is 1. The number of rotatable bonds is 22. The summed E-state index contributed by atoms with van der Waals surface area (Å²) in [5, 5.41) is 12.1. The van der Waals surface area contributed by atoms with Gasteiger partial charge in [-0.3, -0.25) is 14.8 Å². The first kappa shape index (κ1) is 55.4. The van der Waals surface area contributed by atoms with Gasteiger partial charge >= 0.3 is 12.2 Å². The Balaban J connectivity index is 0.000000245. The van der Waals surface area contributed by atoms with E-state index in [2.05, 4.69) is 29.9 Å². The average Bonchev–Trinajstić information content (AvgIpc) is 3.78. The summed E-state index contributed by atoms with van der Waals surface area (Å²) >= 11 is 11.8. The number of anilines is 2. The lowest BCUT2D eigenvalue weighted by atomic mass is 10.1. The summed E-state index contributed by atoms with van der Waals surface area (Å²) in [6.07, 6.45) is 10.8. The van der Waals surface area contributed by atoms with Crippen molar-refractivity contribution in [3.05, 3.63) is 95.3 Å². The first-order chi connectivity index (χ1) is 34.6. The number of carbonyl (C=O) groups excluding carboxylic acids is 4.